The SMILES string of the molecule is O=C(O)c1ccc2c(=O)n3c(nc2c1)C(=Cc1ccccc1F)CC3. The van der Waals surface area contributed by atoms with Gasteiger partial charge in [-0.3, -0.25) is 9.36 Å². The first-order valence-electron chi connectivity index (χ1n) is 7.78. The van der Waals surface area contributed by atoms with Gasteiger partial charge in [-0.1, -0.05) is 18.2 Å². The van der Waals surface area contributed by atoms with Crippen LogP contribution in [0.25, 0.3) is 22.6 Å². The Kier molecular flexibility index (Phi) is 3.46. The van der Waals surface area contributed by atoms with E-state index in [1.807, 2.05) is 0 Å². The molecule has 1 N–H and O–H groups in total. The standard InChI is InChI=1S/C19H13FN2O3/c20-15-4-2-1-3-11(15)9-12-7-8-22-17(12)21-16-10-13(19(24)25)5-6-14(16)18(22)23/h1-6,9-10H,7-8H2,(H,24,25). The molecule has 0 radical (unpaired) electrons. The molecule has 1 aliphatic heterocycles. The van der Waals surface area contributed by atoms with Crippen LogP contribution in [0, 0.1) is 5.82 Å². The van der Waals surface area contributed by atoms with E-state index in [0.717, 1.165) is 5.57 Å². The molecule has 0 spiro atoms. The summed E-state index contributed by atoms with van der Waals surface area (Å²) < 4.78 is 15.4. The van der Waals surface area contributed by atoms with Crippen molar-refractivity contribution in [1.82, 2.24) is 9.55 Å². The number of rotatable bonds is 2. The summed E-state index contributed by atoms with van der Waals surface area (Å²) in [4.78, 5) is 28.3. The molecule has 0 amide bonds. The first-order chi connectivity index (χ1) is 12.0. The van der Waals surface area contributed by atoms with Gasteiger partial charge in [-0.25, -0.2) is 14.2 Å². The Morgan fingerprint density at radius 2 is 2.04 bits per heavy atom. The molecule has 4 rings (SSSR count). The molecular weight excluding hydrogens is 323 g/mol. The van der Waals surface area contributed by atoms with Gasteiger partial charge in [-0.2, -0.15) is 0 Å². The summed E-state index contributed by atoms with van der Waals surface area (Å²) in [6, 6.07) is 10.7. The average Bonchev–Trinajstić information content (AvgIpc) is 3.00. The molecule has 3 aromatic rings. The van der Waals surface area contributed by atoms with Gasteiger partial charge in [0.25, 0.3) is 5.56 Å². The molecule has 0 atom stereocenters. The van der Waals surface area contributed by atoms with Gasteiger partial charge < -0.3 is 5.11 Å². The molecule has 0 fully saturated rings. The number of aromatic carboxylic acids is 1. The highest BCUT2D eigenvalue weighted by molar-refractivity contribution is 5.93. The highest BCUT2D eigenvalue weighted by Crippen LogP contribution is 2.28. The van der Waals surface area contributed by atoms with Crippen LogP contribution in [0.5, 0.6) is 0 Å². The second-order valence-electron chi connectivity index (χ2n) is 5.87. The second kappa shape index (κ2) is 5.66. The van der Waals surface area contributed by atoms with Crippen molar-refractivity contribution in [2.75, 3.05) is 0 Å². The van der Waals surface area contributed by atoms with Crippen LogP contribution in [-0.4, -0.2) is 20.6 Å². The zero-order chi connectivity index (χ0) is 17.6. The van der Waals surface area contributed by atoms with Gasteiger partial charge in [-0.15, -0.1) is 0 Å². The summed E-state index contributed by atoms with van der Waals surface area (Å²) in [5, 5.41) is 9.50. The van der Waals surface area contributed by atoms with Crippen LogP contribution in [0.3, 0.4) is 0 Å². The van der Waals surface area contributed by atoms with E-state index in [1.54, 1.807) is 28.8 Å². The molecule has 1 aliphatic rings. The van der Waals surface area contributed by atoms with Crippen molar-refractivity contribution >= 4 is 28.5 Å². The van der Waals surface area contributed by atoms with E-state index in [4.69, 9.17) is 5.11 Å². The number of carboxylic acids is 1. The maximum absolute atomic E-state index is 13.9. The number of carbonyl (C=O) groups is 1. The summed E-state index contributed by atoms with van der Waals surface area (Å²) in [6.07, 6.45) is 2.26. The van der Waals surface area contributed by atoms with Crippen LogP contribution >= 0.6 is 0 Å². The number of hydrogen-bond donors (Lipinski definition) is 1. The lowest BCUT2D eigenvalue weighted by molar-refractivity contribution is 0.0697. The van der Waals surface area contributed by atoms with Crippen molar-refractivity contribution in [3.63, 3.8) is 0 Å². The van der Waals surface area contributed by atoms with Gasteiger partial charge in [0.05, 0.1) is 16.5 Å². The van der Waals surface area contributed by atoms with Gasteiger partial charge in [-0.05, 0) is 42.3 Å². The van der Waals surface area contributed by atoms with Crippen molar-refractivity contribution in [3.8, 4) is 0 Å². The van der Waals surface area contributed by atoms with E-state index in [-0.39, 0.29) is 16.9 Å². The number of benzene rings is 2. The monoisotopic (exact) mass is 336 g/mol. The summed E-state index contributed by atoms with van der Waals surface area (Å²) >= 11 is 0. The van der Waals surface area contributed by atoms with Crippen LogP contribution in [0.2, 0.25) is 0 Å². The second-order valence-corrected chi connectivity index (χ2v) is 5.87. The fourth-order valence-electron chi connectivity index (χ4n) is 3.07. The number of halogens is 1. The van der Waals surface area contributed by atoms with Crippen LogP contribution in [0.1, 0.15) is 28.2 Å². The minimum atomic E-state index is -1.08. The Morgan fingerprint density at radius 1 is 1.24 bits per heavy atom. The Hall–Kier alpha value is -3.28. The number of carboxylic acid groups (broad SMARTS) is 1. The number of aromatic nitrogens is 2. The third kappa shape index (κ3) is 2.52. The molecule has 6 heteroatoms. The predicted octanol–water partition coefficient (Wildman–Crippen LogP) is 3.18. The molecular formula is C19H13FN2O3. The average molecular weight is 336 g/mol. The third-order valence-electron chi connectivity index (χ3n) is 4.33. The van der Waals surface area contributed by atoms with Gasteiger partial charge in [0.2, 0.25) is 0 Å². The first-order valence-corrected chi connectivity index (χ1v) is 7.78. The quantitative estimate of drug-likeness (QED) is 0.780. The number of fused-ring (bicyclic) bond motifs is 2. The van der Waals surface area contributed by atoms with Gasteiger partial charge >= 0.3 is 5.97 Å². The predicted molar refractivity (Wildman–Crippen MR) is 91.9 cm³/mol. The Bertz CT molecular complexity index is 1120. The van der Waals surface area contributed by atoms with Gasteiger partial charge in [0.15, 0.2) is 0 Å². The van der Waals surface area contributed by atoms with E-state index in [2.05, 4.69) is 4.98 Å². The number of hydrogen-bond acceptors (Lipinski definition) is 3. The van der Waals surface area contributed by atoms with Crippen molar-refractivity contribution in [1.29, 1.82) is 0 Å². The molecule has 2 heterocycles. The fourth-order valence-corrected chi connectivity index (χ4v) is 3.07. The lowest BCUT2D eigenvalue weighted by Gasteiger charge is -2.06. The van der Waals surface area contributed by atoms with Crippen LogP contribution in [0.4, 0.5) is 4.39 Å². The van der Waals surface area contributed by atoms with Crippen molar-refractivity contribution in [2.24, 2.45) is 0 Å². The molecule has 124 valence electrons. The summed E-state index contributed by atoms with van der Waals surface area (Å²) in [7, 11) is 0. The van der Waals surface area contributed by atoms with Crippen LogP contribution in [-0.2, 0) is 6.54 Å². The fraction of sp³-hybridized carbons (Fsp3) is 0.105. The molecule has 1 aromatic heterocycles. The topological polar surface area (TPSA) is 72.2 Å². The number of nitrogens with zero attached hydrogens (tertiary/aromatic N) is 2. The summed E-state index contributed by atoms with van der Waals surface area (Å²) in [5.74, 6) is -0.959. The normalized spacial score (nSPS) is 14.8. The maximum atomic E-state index is 13.9. The van der Waals surface area contributed by atoms with E-state index in [9.17, 15) is 14.0 Å². The van der Waals surface area contributed by atoms with Crippen LogP contribution < -0.4 is 5.56 Å². The molecule has 0 saturated heterocycles. The Balaban J connectivity index is 1.92. The van der Waals surface area contributed by atoms with Crippen molar-refractivity contribution in [3.05, 3.63) is 75.6 Å². The highest BCUT2D eigenvalue weighted by atomic mass is 19.1. The Morgan fingerprint density at radius 3 is 2.80 bits per heavy atom. The van der Waals surface area contributed by atoms with E-state index in [1.165, 1.54) is 24.3 Å². The smallest absolute Gasteiger partial charge is 0.335 e. The molecule has 0 bridgehead atoms. The van der Waals surface area contributed by atoms with E-state index < -0.39 is 5.97 Å². The maximum Gasteiger partial charge on any atom is 0.335 e. The summed E-state index contributed by atoms with van der Waals surface area (Å²) in [6.45, 7) is 0.470. The molecule has 25 heavy (non-hydrogen) atoms. The van der Waals surface area contributed by atoms with Crippen LogP contribution in [0.15, 0.2) is 47.3 Å². The molecule has 0 aliphatic carbocycles. The largest absolute Gasteiger partial charge is 0.478 e. The van der Waals surface area contributed by atoms with Crippen molar-refractivity contribution in [2.45, 2.75) is 13.0 Å². The molecule has 5 nitrogen and oxygen atoms in total. The summed E-state index contributed by atoms with van der Waals surface area (Å²) in [5.41, 5.74) is 1.37. The van der Waals surface area contributed by atoms with Crippen molar-refractivity contribution < 1.29 is 14.3 Å². The lowest BCUT2D eigenvalue weighted by Crippen LogP contribution is -2.21. The van der Waals surface area contributed by atoms with Gasteiger partial charge in [0, 0.05) is 12.1 Å². The first kappa shape index (κ1) is 15.3. The van der Waals surface area contributed by atoms with Gasteiger partial charge in [0.1, 0.15) is 11.6 Å². The van der Waals surface area contributed by atoms with E-state index >= 15 is 0 Å². The Labute approximate surface area is 141 Å². The minimum Gasteiger partial charge on any atom is -0.478 e. The lowest BCUT2D eigenvalue weighted by atomic mass is 10.1. The zero-order valence-corrected chi connectivity index (χ0v) is 13.1. The minimum absolute atomic E-state index is 0.0713. The van der Waals surface area contributed by atoms with E-state index in [0.29, 0.717) is 35.3 Å². The molecule has 2 aromatic carbocycles. The highest BCUT2D eigenvalue weighted by Gasteiger charge is 2.21. The third-order valence-corrected chi connectivity index (χ3v) is 4.33. The zero-order valence-electron chi connectivity index (χ0n) is 13.1. The molecule has 0 unspecified atom stereocenters. The molecule has 0 saturated carbocycles. The number of allylic oxidation sites excluding steroid dienone is 1.